The van der Waals surface area contributed by atoms with E-state index in [9.17, 15) is 4.79 Å². The Kier molecular flexibility index (Phi) is 2.85. The second kappa shape index (κ2) is 4.65. The molecule has 0 amide bonds. The number of rotatable bonds is 3. The highest BCUT2D eigenvalue weighted by Crippen LogP contribution is 2.29. The van der Waals surface area contributed by atoms with Crippen molar-refractivity contribution in [3.05, 3.63) is 65.2 Å². The summed E-state index contributed by atoms with van der Waals surface area (Å²) in [6, 6.07) is 16.4. The Morgan fingerprint density at radius 3 is 2.72 bits per heavy atom. The Morgan fingerprint density at radius 1 is 1.11 bits per heavy atom. The van der Waals surface area contributed by atoms with E-state index in [4.69, 9.17) is 0 Å². The van der Waals surface area contributed by atoms with Crippen molar-refractivity contribution >= 4 is 12.0 Å². The average molecular weight is 237 g/mol. The summed E-state index contributed by atoms with van der Waals surface area (Å²) < 4.78 is 0. The quantitative estimate of drug-likeness (QED) is 0.765. The first-order valence-corrected chi connectivity index (χ1v) is 6.24. The SMILES string of the molecule is O=Cc1ccc2c(c1)N(Cc1ccccc1)CC2. The molecule has 3 rings (SSSR count). The Morgan fingerprint density at radius 2 is 1.94 bits per heavy atom. The molecule has 1 heterocycles. The van der Waals surface area contributed by atoms with Gasteiger partial charge in [-0.25, -0.2) is 0 Å². The molecule has 0 N–H and O–H groups in total. The lowest BCUT2D eigenvalue weighted by molar-refractivity contribution is 0.112. The third-order valence-electron chi connectivity index (χ3n) is 3.45. The molecule has 0 aliphatic carbocycles. The van der Waals surface area contributed by atoms with Gasteiger partial charge >= 0.3 is 0 Å². The highest BCUT2D eigenvalue weighted by Gasteiger charge is 2.19. The Bertz CT molecular complexity index is 563. The number of hydrogen-bond donors (Lipinski definition) is 0. The standard InChI is InChI=1S/C16H15NO/c18-12-14-6-7-15-8-9-17(16(15)10-14)11-13-4-2-1-3-5-13/h1-7,10,12H,8-9,11H2. The van der Waals surface area contributed by atoms with Crippen molar-refractivity contribution in [1.82, 2.24) is 0 Å². The van der Waals surface area contributed by atoms with Crippen molar-refractivity contribution in [1.29, 1.82) is 0 Å². The van der Waals surface area contributed by atoms with Gasteiger partial charge in [-0.1, -0.05) is 42.5 Å². The van der Waals surface area contributed by atoms with Crippen molar-refractivity contribution in [3.8, 4) is 0 Å². The summed E-state index contributed by atoms with van der Waals surface area (Å²) in [6.07, 6.45) is 1.99. The zero-order chi connectivity index (χ0) is 12.4. The van der Waals surface area contributed by atoms with E-state index in [0.717, 1.165) is 31.4 Å². The second-order valence-corrected chi connectivity index (χ2v) is 4.66. The lowest BCUT2D eigenvalue weighted by atomic mass is 10.1. The van der Waals surface area contributed by atoms with Gasteiger partial charge in [0.1, 0.15) is 6.29 Å². The molecule has 2 aromatic rings. The molecular weight excluding hydrogens is 222 g/mol. The molecule has 2 aromatic carbocycles. The van der Waals surface area contributed by atoms with Gasteiger partial charge in [0.2, 0.25) is 0 Å². The minimum Gasteiger partial charge on any atom is -0.367 e. The van der Waals surface area contributed by atoms with Crippen LogP contribution in [0.15, 0.2) is 48.5 Å². The van der Waals surface area contributed by atoms with Crippen LogP contribution in [0.4, 0.5) is 5.69 Å². The summed E-state index contributed by atoms with van der Waals surface area (Å²) in [7, 11) is 0. The van der Waals surface area contributed by atoms with Gasteiger partial charge in [0.15, 0.2) is 0 Å². The molecule has 1 aliphatic rings. The topological polar surface area (TPSA) is 20.3 Å². The highest BCUT2D eigenvalue weighted by atomic mass is 16.1. The van der Waals surface area contributed by atoms with Gasteiger partial charge in [0.05, 0.1) is 0 Å². The predicted molar refractivity (Wildman–Crippen MR) is 73.0 cm³/mol. The van der Waals surface area contributed by atoms with Crippen LogP contribution in [0.25, 0.3) is 0 Å². The lowest BCUT2D eigenvalue weighted by Gasteiger charge is -2.19. The fourth-order valence-corrected chi connectivity index (χ4v) is 2.50. The van der Waals surface area contributed by atoms with Crippen LogP contribution in [-0.4, -0.2) is 12.8 Å². The molecule has 2 heteroatoms. The van der Waals surface area contributed by atoms with Crippen LogP contribution < -0.4 is 4.90 Å². The maximum Gasteiger partial charge on any atom is 0.150 e. The van der Waals surface area contributed by atoms with E-state index >= 15 is 0 Å². The minimum atomic E-state index is 0.758. The van der Waals surface area contributed by atoms with Crippen LogP contribution in [0, 0.1) is 0 Å². The molecule has 0 spiro atoms. The van der Waals surface area contributed by atoms with Gasteiger partial charge in [-0.15, -0.1) is 0 Å². The normalized spacial score (nSPS) is 13.4. The third-order valence-corrected chi connectivity index (χ3v) is 3.45. The van der Waals surface area contributed by atoms with E-state index in [0.29, 0.717) is 0 Å². The molecule has 0 bridgehead atoms. The smallest absolute Gasteiger partial charge is 0.150 e. The van der Waals surface area contributed by atoms with Gasteiger partial charge in [-0.05, 0) is 23.6 Å². The molecule has 0 aromatic heterocycles. The average Bonchev–Trinajstić information content (AvgIpc) is 2.82. The minimum absolute atomic E-state index is 0.758. The predicted octanol–water partition coefficient (Wildman–Crippen LogP) is 3.06. The van der Waals surface area contributed by atoms with Gasteiger partial charge in [-0.3, -0.25) is 4.79 Å². The molecule has 2 nitrogen and oxygen atoms in total. The number of hydrogen-bond acceptors (Lipinski definition) is 2. The van der Waals surface area contributed by atoms with Crippen molar-refractivity contribution in [2.75, 3.05) is 11.4 Å². The molecule has 0 saturated carbocycles. The Hall–Kier alpha value is -2.09. The number of nitrogens with zero attached hydrogens (tertiary/aromatic N) is 1. The summed E-state index contributed by atoms with van der Waals surface area (Å²) in [6.45, 7) is 1.95. The fourth-order valence-electron chi connectivity index (χ4n) is 2.50. The largest absolute Gasteiger partial charge is 0.367 e. The molecule has 18 heavy (non-hydrogen) atoms. The van der Waals surface area contributed by atoms with Crippen LogP contribution in [0.5, 0.6) is 0 Å². The second-order valence-electron chi connectivity index (χ2n) is 4.66. The first-order valence-electron chi connectivity index (χ1n) is 6.24. The maximum absolute atomic E-state index is 10.9. The van der Waals surface area contributed by atoms with Crippen molar-refractivity contribution < 1.29 is 4.79 Å². The molecule has 0 fully saturated rings. The summed E-state index contributed by atoms with van der Waals surface area (Å²) in [5.74, 6) is 0. The summed E-state index contributed by atoms with van der Waals surface area (Å²) in [5, 5.41) is 0. The van der Waals surface area contributed by atoms with E-state index in [1.54, 1.807) is 0 Å². The van der Waals surface area contributed by atoms with Crippen LogP contribution in [0.1, 0.15) is 21.5 Å². The zero-order valence-electron chi connectivity index (χ0n) is 10.2. The number of aldehydes is 1. The van der Waals surface area contributed by atoms with Crippen molar-refractivity contribution in [3.63, 3.8) is 0 Å². The zero-order valence-corrected chi connectivity index (χ0v) is 10.2. The van der Waals surface area contributed by atoms with Gasteiger partial charge in [0, 0.05) is 24.3 Å². The van der Waals surface area contributed by atoms with Gasteiger partial charge in [-0.2, -0.15) is 0 Å². The van der Waals surface area contributed by atoms with E-state index in [2.05, 4.69) is 35.2 Å². The van der Waals surface area contributed by atoms with Crippen LogP contribution in [-0.2, 0) is 13.0 Å². The molecule has 1 aliphatic heterocycles. The van der Waals surface area contributed by atoms with E-state index < -0.39 is 0 Å². The first-order chi connectivity index (χ1) is 8.86. The fraction of sp³-hybridized carbons (Fsp3) is 0.188. The highest BCUT2D eigenvalue weighted by molar-refractivity contribution is 5.78. The maximum atomic E-state index is 10.9. The van der Waals surface area contributed by atoms with Crippen LogP contribution >= 0.6 is 0 Å². The van der Waals surface area contributed by atoms with Crippen molar-refractivity contribution in [2.24, 2.45) is 0 Å². The van der Waals surface area contributed by atoms with E-state index in [-0.39, 0.29) is 0 Å². The summed E-state index contributed by atoms with van der Waals surface area (Å²) in [4.78, 5) is 13.2. The third kappa shape index (κ3) is 2.02. The van der Waals surface area contributed by atoms with E-state index in [1.807, 2.05) is 18.2 Å². The molecule has 0 unspecified atom stereocenters. The molecule has 0 radical (unpaired) electrons. The van der Waals surface area contributed by atoms with Gasteiger partial charge < -0.3 is 4.90 Å². The lowest BCUT2D eigenvalue weighted by Crippen LogP contribution is -2.19. The number of anilines is 1. The summed E-state index contributed by atoms with van der Waals surface area (Å²) in [5.41, 5.74) is 4.62. The van der Waals surface area contributed by atoms with E-state index in [1.165, 1.54) is 16.8 Å². The molecule has 90 valence electrons. The molecule has 0 saturated heterocycles. The molecule has 0 atom stereocenters. The Balaban J connectivity index is 1.88. The first kappa shape index (κ1) is 11.0. The number of fused-ring (bicyclic) bond motifs is 1. The number of benzene rings is 2. The Labute approximate surface area is 107 Å². The monoisotopic (exact) mass is 237 g/mol. The number of carbonyl (C=O) groups is 1. The molecular formula is C16H15NO. The van der Waals surface area contributed by atoms with Crippen LogP contribution in [0.2, 0.25) is 0 Å². The van der Waals surface area contributed by atoms with Crippen molar-refractivity contribution in [2.45, 2.75) is 13.0 Å². The van der Waals surface area contributed by atoms with Gasteiger partial charge in [0.25, 0.3) is 0 Å². The summed E-state index contributed by atoms with van der Waals surface area (Å²) >= 11 is 0. The number of carbonyl (C=O) groups excluding carboxylic acids is 1. The van der Waals surface area contributed by atoms with Crippen LogP contribution in [0.3, 0.4) is 0 Å².